The molecule has 0 saturated heterocycles. The Balaban J connectivity index is 1.00. The topological polar surface area (TPSA) is 26.3 Å². The number of fused-ring (bicyclic) bond motifs is 11. The second-order valence-electron chi connectivity index (χ2n) is 14.4. The first-order chi connectivity index (χ1) is 26.8. The van der Waals surface area contributed by atoms with E-state index in [4.69, 9.17) is 8.83 Å². The quantitative estimate of drug-likeness (QED) is 0.173. The van der Waals surface area contributed by atoms with Crippen molar-refractivity contribution in [3.63, 3.8) is 0 Å². The number of rotatable bonds is 3. The summed E-state index contributed by atoms with van der Waals surface area (Å²) in [6.45, 7) is 0. The Morgan fingerprint density at radius 2 is 0.833 bits per heavy atom. The van der Waals surface area contributed by atoms with Crippen LogP contribution in [0.2, 0.25) is 0 Å². The molecule has 2 aromatic heterocycles. The molecular weight excluding hydrogens is 657 g/mol. The summed E-state index contributed by atoms with van der Waals surface area (Å²) in [7, 11) is 0. The van der Waals surface area contributed by atoms with Gasteiger partial charge in [-0.05, 0) is 119 Å². The molecule has 0 N–H and O–H groups in total. The maximum Gasteiger partial charge on any atom is 0.147 e. The van der Waals surface area contributed by atoms with Crippen molar-refractivity contribution < 1.29 is 8.83 Å². The molecule has 0 aliphatic heterocycles. The molecule has 0 radical (unpaired) electrons. The maximum absolute atomic E-state index is 6.50. The molecule has 0 amide bonds. The van der Waals surface area contributed by atoms with Crippen LogP contribution < -0.4 is 0 Å². The summed E-state index contributed by atoms with van der Waals surface area (Å²) in [6, 6.07) is 65.8. The summed E-state index contributed by atoms with van der Waals surface area (Å²) in [5, 5.41) is 14.3. The predicted molar refractivity (Wildman–Crippen MR) is 227 cm³/mol. The Morgan fingerprint density at radius 3 is 1.61 bits per heavy atom. The molecule has 0 atom stereocenters. The van der Waals surface area contributed by atoms with Gasteiger partial charge in [-0.2, -0.15) is 0 Å². The highest BCUT2D eigenvalue weighted by Crippen LogP contribution is 2.46. The molecule has 0 aliphatic rings. The molecule has 2 heterocycles. The van der Waals surface area contributed by atoms with Gasteiger partial charge in [0, 0.05) is 16.2 Å². The van der Waals surface area contributed by atoms with Crippen LogP contribution in [-0.4, -0.2) is 0 Å². The van der Waals surface area contributed by atoms with Crippen LogP contribution in [0.3, 0.4) is 0 Å². The van der Waals surface area contributed by atoms with Gasteiger partial charge in [0.05, 0.1) is 5.39 Å². The molecule has 0 bridgehead atoms. The van der Waals surface area contributed by atoms with Crippen LogP contribution >= 0.6 is 0 Å². The molecule has 2 heteroatoms. The highest BCUT2D eigenvalue weighted by atomic mass is 16.3. The van der Waals surface area contributed by atoms with E-state index in [0.29, 0.717) is 0 Å². The number of benzene rings is 10. The molecule has 12 rings (SSSR count). The van der Waals surface area contributed by atoms with Crippen molar-refractivity contribution in [2.45, 2.75) is 0 Å². The van der Waals surface area contributed by atoms with Crippen LogP contribution in [-0.2, 0) is 0 Å². The van der Waals surface area contributed by atoms with Gasteiger partial charge >= 0.3 is 0 Å². The van der Waals surface area contributed by atoms with Gasteiger partial charge in [0.25, 0.3) is 0 Å². The predicted octanol–water partition coefficient (Wildman–Crippen LogP) is 15.1. The van der Waals surface area contributed by atoms with Crippen molar-refractivity contribution in [2.75, 3.05) is 0 Å². The van der Waals surface area contributed by atoms with E-state index in [-0.39, 0.29) is 0 Å². The standard InChI is InChI=1S/C52H30O2/c1-2-12-37-31(10-1)11-9-18-38(37)50-41-15-5-3-13-39(41)49(40-14-4-6-16-42(40)50)36-23-22-32-28-33(20-21-34(32)29-36)35-24-26-47-45(30-35)43-25-27-48-51(52(43)54-47)44-17-7-8-19-46(44)53-48/h1-30H. The van der Waals surface area contributed by atoms with E-state index in [1.54, 1.807) is 0 Å². The molecule has 0 saturated carbocycles. The SMILES string of the molecule is c1ccc2c(-c3c4ccccc4c(-c4ccc5cc(-c6ccc7oc8c(ccc9oc%10ccccc%10c98)c7c6)ccc5c4)c4ccccc34)cccc2c1. The molecule has 12 aromatic rings. The van der Waals surface area contributed by atoms with Crippen molar-refractivity contribution in [1.82, 2.24) is 0 Å². The normalized spacial score (nSPS) is 12.1. The van der Waals surface area contributed by atoms with Crippen molar-refractivity contribution in [2.24, 2.45) is 0 Å². The van der Waals surface area contributed by atoms with Gasteiger partial charge in [0.1, 0.15) is 22.3 Å². The van der Waals surface area contributed by atoms with Crippen LogP contribution in [0.15, 0.2) is 191 Å². The zero-order valence-corrected chi connectivity index (χ0v) is 29.1. The average molecular weight is 687 g/mol. The third-order valence-corrected chi connectivity index (χ3v) is 11.4. The van der Waals surface area contributed by atoms with Gasteiger partial charge in [0.15, 0.2) is 0 Å². The summed E-state index contributed by atoms with van der Waals surface area (Å²) >= 11 is 0. The van der Waals surface area contributed by atoms with Crippen LogP contribution in [0.5, 0.6) is 0 Å². The Hall–Kier alpha value is -7.16. The fourth-order valence-corrected chi connectivity index (χ4v) is 8.98. The van der Waals surface area contributed by atoms with E-state index >= 15 is 0 Å². The van der Waals surface area contributed by atoms with Crippen molar-refractivity contribution in [1.29, 1.82) is 0 Å². The third kappa shape index (κ3) is 4.22. The molecule has 10 aromatic carbocycles. The van der Waals surface area contributed by atoms with Gasteiger partial charge in [0.2, 0.25) is 0 Å². The smallest absolute Gasteiger partial charge is 0.147 e. The zero-order valence-electron chi connectivity index (χ0n) is 29.1. The van der Waals surface area contributed by atoms with Crippen LogP contribution in [0.4, 0.5) is 0 Å². The first kappa shape index (κ1) is 29.4. The minimum atomic E-state index is 0.846. The molecular formula is C52H30O2. The van der Waals surface area contributed by atoms with E-state index in [1.807, 2.05) is 18.2 Å². The summed E-state index contributed by atoms with van der Waals surface area (Å²) in [6.07, 6.45) is 0. The monoisotopic (exact) mass is 686 g/mol. The first-order valence-electron chi connectivity index (χ1n) is 18.5. The van der Waals surface area contributed by atoms with E-state index in [0.717, 1.165) is 49.4 Å². The van der Waals surface area contributed by atoms with Crippen LogP contribution in [0, 0.1) is 0 Å². The van der Waals surface area contributed by atoms with Gasteiger partial charge in [-0.1, -0.05) is 140 Å². The van der Waals surface area contributed by atoms with E-state index < -0.39 is 0 Å². The number of hydrogen-bond donors (Lipinski definition) is 0. The minimum Gasteiger partial charge on any atom is -0.456 e. The molecule has 0 spiro atoms. The summed E-state index contributed by atoms with van der Waals surface area (Å²) < 4.78 is 12.6. The first-order valence-corrected chi connectivity index (χ1v) is 18.5. The van der Waals surface area contributed by atoms with Crippen molar-refractivity contribution in [3.05, 3.63) is 182 Å². The van der Waals surface area contributed by atoms with Crippen molar-refractivity contribution in [3.8, 4) is 33.4 Å². The molecule has 2 nitrogen and oxygen atoms in total. The largest absolute Gasteiger partial charge is 0.456 e. The molecule has 0 aliphatic carbocycles. The zero-order chi connectivity index (χ0) is 35.3. The maximum atomic E-state index is 6.50. The van der Waals surface area contributed by atoms with Crippen molar-refractivity contribution >= 4 is 87.0 Å². The highest BCUT2D eigenvalue weighted by molar-refractivity contribution is 6.24. The van der Waals surface area contributed by atoms with E-state index in [1.165, 1.54) is 70.9 Å². The highest BCUT2D eigenvalue weighted by Gasteiger charge is 2.19. The lowest BCUT2D eigenvalue weighted by Gasteiger charge is -2.19. The average Bonchev–Trinajstić information content (AvgIpc) is 3.80. The fraction of sp³-hybridized carbons (Fsp3) is 0. The summed E-state index contributed by atoms with van der Waals surface area (Å²) in [5.41, 5.74) is 10.9. The van der Waals surface area contributed by atoms with Gasteiger partial charge in [-0.3, -0.25) is 0 Å². The molecule has 54 heavy (non-hydrogen) atoms. The number of para-hydroxylation sites is 1. The Kier molecular flexibility index (Phi) is 6.09. The second-order valence-corrected chi connectivity index (χ2v) is 14.4. The fourth-order valence-electron chi connectivity index (χ4n) is 8.98. The lowest BCUT2D eigenvalue weighted by atomic mass is 9.84. The summed E-state index contributed by atoms with van der Waals surface area (Å²) in [4.78, 5) is 0. The molecule has 250 valence electrons. The van der Waals surface area contributed by atoms with E-state index in [9.17, 15) is 0 Å². The second kappa shape index (κ2) is 11.2. The Morgan fingerprint density at radius 1 is 0.278 bits per heavy atom. The van der Waals surface area contributed by atoms with Gasteiger partial charge < -0.3 is 8.83 Å². The number of furan rings is 2. The van der Waals surface area contributed by atoms with Crippen LogP contribution in [0.1, 0.15) is 0 Å². The van der Waals surface area contributed by atoms with Crippen LogP contribution in [0.25, 0.3) is 120 Å². The minimum absolute atomic E-state index is 0.846. The summed E-state index contributed by atoms with van der Waals surface area (Å²) in [5.74, 6) is 0. The molecule has 0 unspecified atom stereocenters. The Labute approximate surface area is 310 Å². The lowest BCUT2D eigenvalue weighted by molar-refractivity contribution is 0.663. The van der Waals surface area contributed by atoms with Gasteiger partial charge in [-0.15, -0.1) is 0 Å². The van der Waals surface area contributed by atoms with Gasteiger partial charge in [-0.25, -0.2) is 0 Å². The third-order valence-electron chi connectivity index (χ3n) is 11.4. The molecule has 0 fully saturated rings. The van der Waals surface area contributed by atoms with E-state index in [2.05, 4.69) is 164 Å². The Bertz CT molecular complexity index is 3440. The lowest BCUT2D eigenvalue weighted by Crippen LogP contribution is -1.91. The number of hydrogen-bond acceptors (Lipinski definition) is 2.